The number of rotatable bonds is 11. The lowest BCUT2D eigenvalue weighted by Crippen LogP contribution is -2.40. The van der Waals surface area contributed by atoms with E-state index in [2.05, 4.69) is 20.5 Å². The summed E-state index contributed by atoms with van der Waals surface area (Å²) in [4.78, 5) is 17.9. The molecular weight excluding hydrogens is 509 g/mol. The molecule has 1 amide bonds. The molecule has 0 atom stereocenters. The van der Waals surface area contributed by atoms with Crippen molar-refractivity contribution in [3.63, 3.8) is 0 Å². The van der Waals surface area contributed by atoms with Crippen molar-refractivity contribution in [3.05, 3.63) is 23.8 Å². The van der Waals surface area contributed by atoms with Crippen LogP contribution in [0.4, 0.5) is 0 Å². The number of likely N-dealkylation sites (tertiary alicyclic amines) is 1. The van der Waals surface area contributed by atoms with Crippen LogP contribution in [0.25, 0.3) is 0 Å². The van der Waals surface area contributed by atoms with E-state index in [1.807, 2.05) is 18.2 Å². The van der Waals surface area contributed by atoms with Crippen LogP contribution in [-0.4, -0.2) is 70.8 Å². The van der Waals surface area contributed by atoms with Gasteiger partial charge >= 0.3 is 0 Å². The third-order valence-corrected chi connectivity index (χ3v) is 5.56. The van der Waals surface area contributed by atoms with E-state index in [-0.39, 0.29) is 35.8 Å². The van der Waals surface area contributed by atoms with E-state index in [9.17, 15) is 4.79 Å². The van der Waals surface area contributed by atoms with Gasteiger partial charge in [-0.2, -0.15) is 0 Å². The van der Waals surface area contributed by atoms with Crippen LogP contribution in [0.5, 0.6) is 11.5 Å². The number of hydrogen-bond donors (Lipinski definition) is 3. The molecule has 1 aliphatic heterocycles. The number of benzene rings is 1. The van der Waals surface area contributed by atoms with Gasteiger partial charge in [-0.15, -0.1) is 24.0 Å². The Kier molecular flexibility index (Phi) is 13.3. The average molecular weight is 547 g/mol. The summed E-state index contributed by atoms with van der Waals surface area (Å²) in [6.07, 6.45) is 4.85. The lowest BCUT2D eigenvalue weighted by molar-refractivity contribution is -0.123. The third kappa shape index (κ3) is 9.51. The van der Waals surface area contributed by atoms with Crippen molar-refractivity contribution in [1.29, 1.82) is 0 Å². The molecule has 1 aromatic carbocycles. The number of nitrogens with zero attached hydrogens (tertiary/aromatic N) is 2. The van der Waals surface area contributed by atoms with Gasteiger partial charge in [-0.05, 0) is 69.4 Å². The molecule has 4 N–H and O–H groups in total. The maximum atomic E-state index is 11.2. The average Bonchev–Trinajstić information content (AvgIpc) is 2.77. The number of carbonyl (C=O) groups excluding carboxylic acids is 1. The number of unbranched alkanes of at least 4 members (excludes halogenated alkanes) is 1. The number of amides is 1. The van der Waals surface area contributed by atoms with E-state index in [0.29, 0.717) is 0 Å². The topological polar surface area (TPSA) is 101 Å². The molecule has 31 heavy (non-hydrogen) atoms. The number of methoxy groups -OCH3 is 2. The molecule has 0 unspecified atom stereocenters. The molecule has 1 fully saturated rings. The molecule has 0 bridgehead atoms. The van der Waals surface area contributed by atoms with E-state index in [1.165, 1.54) is 5.56 Å². The number of guanidine groups is 1. The monoisotopic (exact) mass is 547 g/mol. The van der Waals surface area contributed by atoms with Crippen molar-refractivity contribution in [2.75, 3.05) is 54.0 Å². The van der Waals surface area contributed by atoms with Gasteiger partial charge in [-0.3, -0.25) is 9.79 Å². The fourth-order valence-electron chi connectivity index (χ4n) is 3.69. The Hall–Kier alpha value is -1.75. The van der Waals surface area contributed by atoms with Gasteiger partial charge in [0.05, 0.1) is 14.2 Å². The van der Waals surface area contributed by atoms with Crippen molar-refractivity contribution >= 4 is 35.8 Å². The number of ether oxygens (including phenoxy) is 2. The molecule has 0 spiro atoms. The molecule has 1 aromatic rings. The van der Waals surface area contributed by atoms with Gasteiger partial charge in [0.15, 0.2) is 17.5 Å². The molecule has 0 radical (unpaired) electrons. The minimum Gasteiger partial charge on any atom is -0.493 e. The fourth-order valence-corrected chi connectivity index (χ4v) is 3.69. The second-order valence-corrected chi connectivity index (χ2v) is 7.59. The molecule has 2 rings (SSSR count). The van der Waals surface area contributed by atoms with Crippen molar-refractivity contribution < 1.29 is 14.3 Å². The van der Waals surface area contributed by atoms with E-state index < -0.39 is 0 Å². The highest BCUT2D eigenvalue weighted by Gasteiger charge is 2.22. The number of piperidine rings is 1. The molecule has 1 aliphatic rings. The summed E-state index contributed by atoms with van der Waals surface area (Å²) in [6, 6.07) is 5.98. The van der Waals surface area contributed by atoms with Gasteiger partial charge < -0.3 is 30.7 Å². The fraction of sp³-hybridized carbons (Fsp3) is 0.636. The number of carbonyl (C=O) groups is 1. The van der Waals surface area contributed by atoms with Crippen molar-refractivity contribution in [1.82, 2.24) is 15.5 Å². The van der Waals surface area contributed by atoms with Crippen LogP contribution in [0.2, 0.25) is 0 Å². The summed E-state index contributed by atoms with van der Waals surface area (Å²) < 4.78 is 10.6. The van der Waals surface area contributed by atoms with Crippen LogP contribution < -0.4 is 25.8 Å². The van der Waals surface area contributed by atoms with Crippen molar-refractivity contribution in [2.45, 2.75) is 32.1 Å². The number of halogens is 1. The first kappa shape index (κ1) is 27.3. The van der Waals surface area contributed by atoms with Gasteiger partial charge in [-0.1, -0.05) is 6.07 Å². The minimum atomic E-state index is -0.149. The highest BCUT2D eigenvalue weighted by Crippen LogP contribution is 2.27. The Morgan fingerprint density at radius 1 is 1.13 bits per heavy atom. The quantitative estimate of drug-likeness (QED) is 0.170. The number of nitrogens with two attached hydrogens (primary N) is 1. The predicted octanol–water partition coefficient (Wildman–Crippen LogP) is 2.01. The van der Waals surface area contributed by atoms with Gasteiger partial charge in [0.1, 0.15) is 0 Å². The lowest BCUT2D eigenvalue weighted by atomic mass is 9.96. The highest BCUT2D eigenvalue weighted by molar-refractivity contribution is 14.0. The largest absolute Gasteiger partial charge is 0.493 e. The molecule has 0 saturated carbocycles. The number of aliphatic imine (C=N–C) groups is 1. The van der Waals surface area contributed by atoms with Gasteiger partial charge in [0, 0.05) is 26.1 Å². The summed E-state index contributed by atoms with van der Waals surface area (Å²) in [5.74, 6) is 2.22. The maximum Gasteiger partial charge on any atom is 0.220 e. The number of nitrogens with one attached hydrogen (secondary N) is 2. The number of hydrogen-bond acceptors (Lipinski definition) is 5. The zero-order chi connectivity index (χ0) is 21.8. The second-order valence-electron chi connectivity index (χ2n) is 7.59. The Bertz CT molecular complexity index is 694. The van der Waals surface area contributed by atoms with E-state index in [0.717, 1.165) is 82.3 Å². The zero-order valence-electron chi connectivity index (χ0n) is 19.0. The minimum absolute atomic E-state index is 0. The third-order valence-electron chi connectivity index (χ3n) is 5.56. The summed E-state index contributed by atoms with van der Waals surface area (Å²) in [7, 11) is 5.07. The smallest absolute Gasteiger partial charge is 0.220 e. The molecule has 176 valence electrons. The maximum absolute atomic E-state index is 11.2. The van der Waals surface area contributed by atoms with Gasteiger partial charge in [0.2, 0.25) is 5.91 Å². The first-order chi connectivity index (χ1) is 14.6. The van der Waals surface area contributed by atoms with Crippen LogP contribution >= 0.6 is 24.0 Å². The van der Waals surface area contributed by atoms with Crippen LogP contribution in [0.3, 0.4) is 0 Å². The lowest BCUT2D eigenvalue weighted by Gasteiger charge is -2.30. The molecule has 8 nitrogen and oxygen atoms in total. The molecule has 0 aliphatic carbocycles. The molecule has 0 aromatic heterocycles. The van der Waals surface area contributed by atoms with Crippen LogP contribution in [0.15, 0.2) is 23.2 Å². The SMILES string of the molecule is CN=C(NCCCCN1CCC(C(N)=O)CC1)NCCc1ccc(OC)c(OC)c1.I. The normalized spacial score (nSPS) is 15.1. The summed E-state index contributed by atoms with van der Waals surface area (Å²) in [6.45, 7) is 4.68. The summed E-state index contributed by atoms with van der Waals surface area (Å²) in [5.41, 5.74) is 6.57. The summed E-state index contributed by atoms with van der Waals surface area (Å²) >= 11 is 0. The first-order valence-corrected chi connectivity index (χ1v) is 10.7. The molecule has 9 heteroatoms. The Morgan fingerprint density at radius 2 is 1.81 bits per heavy atom. The zero-order valence-corrected chi connectivity index (χ0v) is 21.3. The summed E-state index contributed by atoms with van der Waals surface area (Å²) in [5, 5.41) is 6.72. The van der Waals surface area contributed by atoms with E-state index >= 15 is 0 Å². The van der Waals surface area contributed by atoms with Crippen molar-refractivity contribution in [2.24, 2.45) is 16.6 Å². The Morgan fingerprint density at radius 3 is 2.42 bits per heavy atom. The standard InChI is InChI=1S/C22H37N5O3.HI/c1-24-22(26-12-8-17-6-7-19(29-2)20(16-17)30-3)25-11-4-5-13-27-14-9-18(10-15-27)21(23)28;/h6-7,16,18H,4-5,8-15H2,1-3H3,(H2,23,28)(H2,24,25,26);1H. The molecular formula is C22H38IN5O3. The Labute approximate surface area is 203 Å². The second kappa shape index (κ2) is 15.1. The van der Waals surface area contributed by atoms with Gasteiger partial charge in [-0.25, -0.2) is 0 Å². The predicted molar refractivity (Wildman–Crippen MR) is 136 cm³/mol. The first-order valence-electron chi connectivity index (χ1n) is 10.7. The van der Waals surface area contributed by atoms with E-state index in [1.54, 1.807) is 21.3 Å². The Balaban J connectivity index is 0.00000480. The highest BCUT2D eigenvalue weighted by atomic mass is 127. The van der Waals surface area contributed by atoms with Crippen LogP contribution in [-0.2, 0) is 11.2 Å². The van der Waals surface area contributed by atoms with Crippen LogP contribution in [0, 0.1) is 5.92 Å². The number of primary amides is 1. The van der Waals surface area contributed by atoms with Crippen LogP contribution in [0.1, 0.15) is 31.2 Å². The van der Waals surface area contributed by atoms with E-state index in [4.69, 9.17) is 15.2 Å². The van der Waals surface area contributed by atoms with Gasteiger partial charge in [0.25, 0.3) is 0 Å². The van der Waals surface area contributed by atoms with Crippen molar-refractivity contribution in [3.8, 4) is 11.5 Å². The molecule has 1 heterocycles. The molecule has 1 saturated heterocycles.